The fourth-order valence-electron chi connectivity index (χ4n) is 2.58. The number of hydrogen-bond donors (Lipinski definition) is 0. The molecular formula is C19H17NO3S. The van der Waals surface area contributed by atoms with Crippen LogP contribution in [0.5, 0.6) is 0 Å². The molecule has 0 fully saturated rings. The fourth-order valence-corrected chi connectivity index (χ4v) is 3.52. The molecule has 0 spiro atoms. The number of hydrogen-bond acceptors (Lipinski definition) is 4. The number of aromatic nitrogens is 1. The molecule has 0 aliphatic carbocycles. The van der Waals surface area contributed by atoms with Gasteiger partial charge in [0.2, 0.25) is 5.91 Å². The van der Waals surface area contributed by atoms with Crippen LogP contribution in [0.1, 0.15) is 22.1 Å². The van der Waals surface area contributed by atoms with Crippen LogP contribution in [0, 0.1) is 0 Å². The molecule has 4 nitrogen and oxygen atoms in total. The van der Waals surface area contributed by atoms with Crippen LogP contribution in [0.25, 0.3) is 10.9 Å². The SMILES string of the molecule is COC(=O)c1cn(C(=O)C(C)Sc2ccccc2)c2ccccc12. The number of methoxy groups -OCH3 is 1. The molecule has 0 bridgehead atoms. The summed E-state index contributed by atoms with van der Waals surface area (Å²) < 4.78 is 6.37. The van der Waals surface area contributed by atoms with Gasteiger partial charge in [0.05, 0.1) is 23.4 Å². The van der Waals surface area contributed by atoms with Crippen molar-refractivity contribution in [1.29, 1.82) is 0 Å². The Labute approximate surface area is 144 Å². The molecule has 0 saturated heterocycles. The highest BCUT2D eigenvalue weighted by molar-refractivity contribution is 8.00. The third kappa shape index (κ3) is 3.08. The molecule has 1 unspecified atom stereocenters. The Morgan fingerprint density at radius 3 is 2.42 bits per heavy atom. The minimum absolute atomic E-state index is 0.0739. The predicted octanol–water partition coefficient (Wildman–Crippen LogP) is 4.25. The highest BCUT2D eigenvalue weighted by Gasteiger charge is 2.22. The quantitative estimate of drug-likeness (QED) is 0.527. The van der Waals surface area contributed by atoms with Crippen molar-refractivity contribution in [3.05, 3.63) is 66.4 Å². The molecule has 1 aromatic heterocycles. The van der Waals surface area contributed by atoms with Gasteiger partial charge in [-0.1, -0.05) is 36.4 Å². The topological polar surface area (TPSA) is 48.3 Å². The summed E-state index contributed by atoms with van der Waals surface area (Å²) in [5.41, 5.74) is 1.11. The van der Waals surface area contributed by atoms with Crippen LogP contribution in [0.15, 0.2) is 65.7 Å². The van der Waals surface area contributed by atoms with E-state index in [4.69, 9.17) is 4.74 Å². The number of carbonyl (C=O) groups excluding carboxylic acids is 2. The molecule has 24 heavy (non-hydrogen) atoms. The smallest absolute Gasteiger partial charge is 0.340 e. The van der Waals surface area contributed by atoms with E-state index < -0.39 is 5.97 Å². The summed E-state index contributed by atoms with van der Waals surface area (Å²) in [4.78, 5) is 25.9. The van der Waals surface area contributed by atoms with E-state index in [1.165, 1.54) is 18.9 Å². The Bertz CT molecular complexity index is 886. The van der Waals surface area contributed by atoms with Crippen LogP contribution >= 0.6 is 11.8 Å². The van der Waals surface area contributed by atoms with Crippen molar-refractivity contribution in [3.63, 3.8) is 0 Å². The number of benzene rings is 2. The third-order valence-electron chi connectivity index (χ3n) is 3.76. The number of nitrogens with zero attached hydrogens (tertiary/aromatic N) is 1. The van der Waals surface area contributed by atoms with Crippen LogP contribution in [0.4, 0.5) is 0 Å². The number of rotatable bonds is 4. The average Bonchev–Trinajstić information content (AvgIpc) is 3.01. The molecule has 0 amide bonds. The lowest BCUT2D eigenvalue weighted by atomic mass is 10.2. The molecule has 122 valence electrons. The number of para-hydroxylation sites is 1. The van der Waals surface area contributed by atoms with Gasteiger partial charge in [0.15, 0.2) is 0 Å². The molecule has 0 N–H and O–H groups in total. The normalized spacial score (nSPS) is 12.1. The van der Waals surface area contributed by atoms with E-state index in [9.17, 15) is 9.59 Å². The minimum atomic E-state index is -0.443. The van der Waals surface area contributed by atoms with E-state index in [1.807, 2.05) is 61.5 Å². The zero-order valence-electron chi connectivity index (χ0n) is 13.4. The van der Waals surface area contributed by atoms with Crippen LogP contribution in [-0.4, -0.2) is 28.8 Å². The van der Waals surface area contributed by atoms with Gasteiger partial charge in [-0.15, -0.1) is 11.8 Å². The standard InChI is InChI=1S/C19H17NO3S/c1-13(24-14-8-4-3-5-9-14)18(21)20-12-16(19(22)23-2)15-10-6-7-11-17(15)20/h3-13H,1-2H3. The Morgan fingerprint density at radius 2 is 1.71 bits per heavy atom. The Morgan fingerprint density at radius 1 is 1.04 bits per heavy atom. The summed E-state index contributed by atoms with van der Waals surface area (Å²) in [6, 6.07) is 17.1. The van der Waals surface area contributed by atoms with Gasteiger partial charge in [0.1, 0.15) is 0 Å². The summed E-state index contributed by atoms with van der Waals surface area (Å²) in [7, 11) is 1.34. The maximum absolute atomic E-state index is 12.9. The van der Waals surface area contributed by atoms with Gasteiger partial charge in [0.25, 0.3) is 0 Å². The number of carbonyl (C=O) groups is 2. The zero-order chi connectivity index (χ0) is 17.1. The first-order valence-corrected chi connectivity index (χ1v) is 8.44. The summed E-state index contributed by atoms with van der Waals surface area (Å²) in [6.45, 7) is 1.87. The van der Waals surface area contributed by atoms with Crippen LogP contribution in [0.3, 0.4) is 0 Å². The monoisotopic (exact) mass is 339 g/mol. The molecule has 0 radical (unpaired) electrons. The summed E-state index contributed by atoms with van der Waals surface area (Å²) >= 11 is 1.49. The first kappa shape index (κ1) is 16.3. The van der Waals surface area contributed by atoms with E-state index >= 15 is 0 Å². The molecule has 0 saturated carbocycles. The van der Waals surface area contributed by atoms with E-state index in [1.54, 1.807) is 10.8 Å². The maximum Gasteiger partial charge on any atom is 0.340 e. The number of fused-ring (bicyclic) bond motifs is 1. The molecule has 5 heteroatoms. The van der Waals surface area contributed by atoms with Gasteiger partial charge in [-0.25, -0.2) is 4.79 Å². The maximum atomic E-state index is 12.9. The molecule has 0 aliphatic heterocycles. The van der Waals surface area contributed by atoms with E-state index in [0.717, 1.165) is 10.3 Å². The lowest BCUT2D eigenvalue weighted by Crippen LogP contribution is -2.20. The molecular weight excluding hydrogens is 322 g/mol. The summed E-state index contributed by atoms with van der Waals surface area (Å²) in [5, 5.41) is 0.434. The molecule has 0 aliphatic rings. The Balaban J connectivity index is 1.96. The second kappa shape index (κ2) is 6.93. The van der Waals surface area contributed by atoms with Gasteiger partial charge in [0, 0.05) is 16.5 Å². The number of ether oxygens (including phenoxy) is 1. The molecule has 2 aromatic carbocycles. The third-order valence-corrected chi connectivity index (χ3v) is 4.86. The highest BCUT2D eigenvalue weighted by Crippen LogP contribution is 2.27. The Hall–Kier alpha value is -2.53. The van der Waals surface area contributed by atoms with Crippen LogP contribution in [-0.2, 0) is 4.74 Å². The minimum Gasteiger partial charge on any atom is -0.465 e. The largest absolute Gasteiger partial charge is 0.465 e. The number of thioether (sulfide) groups is 1. The van der Waals surface area contributed by atoms with Gasteiger partial charge >= 0.3 is 5.97 Å². The molecule has 1 heterocycles. The summed E-state index contributed by atoms with van der Waals surface area (Å²) in [6.07, 6.45) is 1.57. The van der Waals surface area contributed by atoms with Crippen molar-refractivity contribution in [3.8, 4) is 0 Å². The van der Waals surface area contributed by atoms with Crippen molar-refractivity contribution < 1.29 is 14.3 Å². The fraction of sp³-hybridized carbons (Fsp3) is 0.158. The van der Waals surface area contributed by atoms with Gasteiger partial charge in [-0.05, 0) is 25.1 Å². The van der Waals surface area contributed by atoms with Crippen LogP contribution in [0.2, 0.25) is 0 Å². The lowest BCUT2D eigenvalue weighted by molar-refractivity contribution is 0.0603. The van der Waals surface area contributed by atoms with E-state index in [-0.39, 0.29) is 11.2 Å². The first-order valence-electron chi connectivity index (χ1n) is 7.56. The molecule has 3 aromatic rings. The van der Waals surface area contributed by atoms with E-state index in [2.05, 4.69) is 0 Å². The van der Waals surface area contributed by atoms with Crippen LogP contribution < -0.4 is 0 Å². The second-order valence-electron chi connectivity index (χ2n) is 5.33. The zero-order valence-corrected chi connectivity index (χ0v) is 14.2. The molecule has 3 rings (SSSR count). The van der Waals surface area contributed by atoms with Crippen molar-refractivity contribution in [2.24, 2.45) is 0 Å². The van der Waals surface area contributed by atoms with Crippen molar-refractivity contribution >= 4 is 34.5 Å². The van der Waals surface area contributed by atoms with Crippen molar-refractivity contribution in [2.45, 2.75) is 17.1 Å². The Kier molecular flexibility index (Phi) is 4.71. The lowest BCUT2D eigenvalue weighted by Gasteiger charge is -2.11. The second-order valence-corrected chi connectivity index (χ2v) is 6.75. The summed E-state index contributed by atoms with van der Waals surface area (Å²) in [5.74, 6) is -0.517. The number of esters is 1. The van der Waals surface area contributed by atoms with Crippen molar-refractivity contribution in [1.82, 2.24) is 4.57 Å². The van der Waals surface area contributed by atoms with Gasteiger partial charge < -0.3 is 4.74 Å². The average molecular weight is 339 g/mol. The van der Waals surface area contributed by atoms with Gasteiger partial charge in [-0.3, -0.25) is 9.36 Å². The predicted molar refractivity (Wildman–Crippen MR) is 95.7 cm³/mol. The van der Waals surface area contributed by atoms with E-state index in [0.29, 0.717) is 11.1 Å². The van der Waals surface area contributed by atoms with Crippen molar-refractivity contribution in [2.75, 3.05) is 7.11 Å². The first-order chi connectivity index (χ1) is 11.6. The molecule has 1 atom stereocenters. The highest BCUT2D eigenvalue weighted by atomic mass is 32.2. The van der Waals surface area contributed by atoms with Gasteiger partial charge in [-0.2, -0.15) is 0 Å².